The quantitative estimate of drug-likeness (QED) is 0.874. The van der Waals surface area contributed by atoms with Gasteiger partial charge in [0.2, 0.25) is 5.91 Å². The van der Waals surface area contributed by atoms with Crippen molar-refractivity contribution >= 4 is 5.91 Å². The molecular formula is C14H24N2O2. The van der Waals surface area contributed by atoms with E-state index in [-0.39, 0.29) is 17.9 Å². The Balaban J connectivity index is 2.80. The van der Waals surface area contributed by atoms with Gasteiger partial charge in [-0.1, -0.05) is 13.8 Å². The Morgan fingerprint density at radius 3 is 2.33 bits per heavy atom. The van der Waals surface area contributed by atoms with Gasteiger partial charge in [0.1, 0.15) is 11.5 Å². The molecule has 0 saturated heterocycles. The lowest BCUT2D eigenvalue weighted by Gasteiger charge is -2.29. The van der Waals surface area contributed by atoms with E-state index >= 15 is 0 Å². The minimum Gasteiger partial charge on any atom is -0.464 e. The molecule has 4 heteroatoms. The number of carbonyl (C=O) groups is 1. The van der Waals surface area contributed by atoms with E-state index in [1.807, 2.05) is 46.8 Å². The van der Waals surface area contributed by atoms with Gasteiger partial charge in [-0.2, -0.15) is 0 Å². The fourth-order valence-electron chi connectivity index (χ4n) is 1.73. The van der Waals surface area contributed by atoms with Crippen molar-refractivity contribution in [3.63, 3.8) is 0 Å². The van der Waals surface area contributed by atoms with Crippen LogP contribution in [0.4, 0.5) is 0 Å². The Hall–Kier alpha value is -1.29. The molecule has 0 aliphatic carbocycles. The van der Waals surface area contributed by atoms with Crippen LogP contribution in [0, 0.1) is 12.8 Å². The average Bonchev–Trinajstić information content (AvgIpc) is 2.69. The highest BCUT2D eigenvalue weighted by Gasteiger charge is 2.26. The van der Waals surface area contributed by atoms with Gasteiger partial charge < -0.3 is 15.1 Å². The number of nitrogens with two attached hydrogens (primary N) is 1. The molecule has 1 aromatic rings. The molecule has 0 aliphatic heterocycles. The molecule has 0 aliphatic rings. The van der Waals surface area contributed by atoms with Crippen molar-refractivity contribution in [1.82, 2.24) is 4.90 Å². The summed E-state index contributed by atoms with van der Waals surface area (Å²) in [5.74, 6) is 1.77. The molecule has 0 saturated carbocycles. The van der Waals surface area contributed by atoms with Crippen molar-refractivity contribution in [2.75, 3.05) is 0 Å². The average molecular weight is 252 g/mol. The molecule has 2 N–H and O–H groups in total. The Bertz CT molecular complexity index is 396. The van der Waals surface area contributed by atoms with Crippen LogP contribution in [0.25, 0.3) is 0 Å². The second-order valence-electron chi connectivity index (χ2n) is 5.34. The molecule has 102 valence electrons. The summed E-state index contributed by atoms with van der Waals surface area (Å²) in [5.41, 5.74) is 5.94. The number of nitrogens with zero attached hydrogens (tertiary/aromatic N) is 1. The maximum absolute atomic E-state index is 12.3. The molecule has 1 amide bonds. The highest BCUT2D eigenvalue weighted by molar-refractivity contribution is 5.82. The molecule has 0 spiro atoms. The van der Waals surface area contributed by atoms with E-state index in [2.05, 4.69) is 0 Å². The van der Waals surface area contributed by atoms with Crippen LogP contribution in [0.5, 0.6) is 0 Å². The summed E-state index contributed by atoms with van der Waals surface area (Å²) < 4.78 is 5.52. The highest BCUT2D eigenvalue weighted by Crippen LogP contribution is 2.14. The number of hydrogen-bond acceptors (Lipinski definition) is 3. The fraction of sp³-hybridized carbons (Fsp3) is 0.643. The number of aryl methyl sites for hydroxylation is 1. The second-order valence-corrected chi connectivity index (χ2v) is 5.34. The van der Waals surface area contributed by atoms with Crippen molar-refractivity contribution in [2.45, 2.75) is 53.2 Å². The molecule has 0 unspecified atom stereocenters. The summed E-state index contributed by atoms with van der Waals surface area (Å²) in [4.78, 5) is 14.1. The molecule has 0 bridgehead atoms. The Morgan fingerprint density at radius 2 is 1.94 bits per heavy atom. The summed E-state index contributed by atoms with van der Waals surface area (Å²) in [6.45, 7) is 10.3. The van der Waals surface area contributed by atoms with E-state index in [1.54, 1.807) is 4.90 Å². The lowest BCUT2D eigenvalue weighted by Crippen LogP contribution is -2.48. The van der Waals surface area contributed by atoms with Crippen molar-refractivity contribution < 1.29 is 9.21 Å². The Morgan fingerprint density at radius 1 is 1.33 bits per heavy atom. The van der Waals surface area contributed by atoms with Gasteiger partial charge in [0.25, 0.3) is 0 Å². The maximum atomic E-state index is 12.3. The molecule has 1 heterocycles. The first-order chi connectivity index (χ1) is 8.32. The zero-order valence-corrected chi connectivity index (χ0v) is 11.9. The summed E-state index contributed by atoms with van der Waals surface area (Å²) in [6, 6.07) is 3.45. The van der Waals surface area contributed by atoms with E-state index in [0.29, 0.717) is 6.54 Å². The molecule has 0 radical (unpaired) electrons. The summed E-state index contributed by atoms with van der Waals surface area (Å²) in [6.07, 6.45) is 0. The summed E-state index contributed by atoms with van der Waals surface area (Å²) >= 11 is 0. The predicted molar refractivity (Wildman–Crippen MR) is 71.9 cm³/mol. The first-order valence-electron chi connectivity index (χ1n) is 6.44. The third kappa shape index (κ3) is 3.60. The monoisotopic (exact) mass is 252 g/mol. The molecule has 1 aromatic heterocycles. The number of furan rings is 1. The van der Waals surface area contributed by atoms with Gasteiger partial charge in [0.15, 0.2) is 0 Å². The van der Waals surface area contributed by atoms with Crippen molar-refractivity contribution in [3.8, 4) is 0 Å². The van der Waals surface area contributed by atoms with E-state index < -0.39 is 6.04 Å². The molecule has 0 fully saturated rings. The van der Waals surface area contributed by atoms with Crippen LogP contribution in [0.2, 0.25) is 0 Å². The first kappa shape index (κ1) is 14.8. The molecule has 1 atom stereocenters. The van der Waals surface area contributed by atoms with Gasteiger partial charge in [0.05, 0.1) is 12.6 Å². The van der Waals surface area contributed by atoms with Crippen molar-refractivity contribution in [3.05, 3.63) is 23.7 Å². The number of hydrogen-bond donors (Lipinski definition) is 1. The molecule has 18 heavy (non-hydrogen) atoms. The maximum Gasteiger partial charge on any atom is 0.240 e. The van der Waals surface area contributed by atoms with Crippen LogP contribution >= 0.6 is 0 Å². The zero-order valence-electron chi connectivity index (χ0n) is 11.9. The minimum atomic E-state index is -0.455. The standard InChI is InChI=1S/C14H24N2O2/c1-9(2)13(15)14(17)16(10(3)4)8-12-7-6-11(5)18-12/h6-7,9-10,13H,8,15H2,1-5H3/t13-/m0/s1. The first-order valence-corrected chi connectivity index (χ1v) is 6.44. The molecular weight excluding hydrogens is 228 g/mol. The second kappa shape index (κ2) is 6.05. The van der Waals surface area contributed by atoms with Crippen molar-refractivity contribution in [1.29, 1.82) is 0 Å². The van der Waals surface area contributed by atoms with Gasteiger partial charge in [-0.15, -0.1) is 0 Å². The van der Waals surface area contributed by atoms with E-state index in [0.717, 1.165) is 11.5 Å². The summed E-state index contributed by atoms with van der Waals surface area (Å²) in [5, 5.41) is 0. The van der Waals surface area contributed by atoms with Crippen LogP contribution in [-0.2, 0) is 11.3 Å². The van der Waals surface area contributed by atoms with Gasteiger partial charge in [0, 0.05) is 6.04 Å². The van der Waals surface area contributed by atoms with Gasteiger partial charge >= 0.3 is 0 Å². The Labute approximate surface area is 109 Å². The lowest BCUT2D eigenvalue weighted by molar-refractivity contribution is -0.136. The minimum absolute atomic E-state index is 0.0194. The van der Waals surface area contributed by atoms with Gasteiger partial charge in [-0.05, 0) is 38.8 Å². The SMILES string of the molecule is Cc1ccc(CN(C(=O)[C@@H](N)C(C)C)C(C)C)o1. The van der Waals surface area contributed by atoms with Crippen LogP contribution < -0.4 is 5.73 Å². The molecule has 0 aromatic carbocycles. The zero-order chi connectivity index (χ0) is 13.9. The molecule has 1 rings (SSSR count). The topological polar surface area (TPSA) is 59.5 Å². The van der Waals surface area contributed by atoms with Crippen LogP contribution in [0.15, 0.2) is 16.5 Å². The van der Waals surface area contributed by atoms with E-state index in [9.17, 15) is 4.79 Å². The van der Waals surface area contributed by atoms with Crippen LogP contribution in [0.3, 0.4) is 0 Å². The normalized spacial score (nSPS) is 13.1. The van der Waals surface area contributed by atoms with Gasteiger partial charge in [-0.25, -0.2) is 0 Å². The van der Waals surface area contributed by atoms with Crippen LogP contribution in [-0.4, -0.2) is 22.9 Å². The third-order valence-electron chi connectivity index (χ3n) is 3.03. The van der Waals surface area contributed by atoms with Crippen molar-refractivity contribution in [2.24, 2.45) is 11.7 Å². The third-order valence-corrected chi connectivity index (χ3v) is 3.03. The molecule has 4 nitrogen and oxygen atoms in total. The number of rotatable bonds is 5. The predicted octanol–water partition coefficient (Wildman–Crippen LogP) is 2.31. The number of amides is 1. The lowest BCUT2D eigenvalue weighted by atomic mass is 10.0. The number of carbonyl (C=O) groups excluding carboxylic acids is 1. The van der Waals surface area contributed by atoms with E-state index in [4.69, 9.17) is 10.2 Å². The smallest absolute Gasteiger partial charge is 0.240 e. The largest absolute Gasteiger partial charge is 0.464 e. The van der Waals surface area contributed by atoms with Gasteiger partial charge in [-0.3, -0.25) is 4.79 Å². The van der Waals surface area contributed by atoms with Crippen LogP contribution in [0.1, 0.15) is 39.2 Å². The summed E-state index contributed by atoms with van der Waals surface area (Å²) in [7, 11) is 0. The highest BCUT2D eigenvalue weighted by atomic mass is 16.3. The Kier molecular flexibility index (Phi) is 4.96. The van der Waals surface area contributed by atoms with E-state index in [1.165, 1.54) is 0 Å². The fourth-order valence-corrected chi connectivity index (χ4v) is 1.73.